The van der Waals surface area contributed by atoms with Crippen LogP contribution in [0.4, 0.5) is 0 Å². The van der Waals surface area contributed by atoms with E-state index in [0.29, 0.717) is 31.8 Å². The predicted molar refractivity (Wildman–Crippen MR) is 77.5 cm³/mol. The van der Waals surface area contributed by atoms with Gasteiger partial charge in [-0.3, -0.25) is 0 Å². The number of hydrogen-bond donors (Lipinski definition) is 0. The van der Waals surface area contributed by atoms with Crippen LogP contribution < -0.4 is 4.74 Å². The molecule has 0 aromatic carbocycles. The average Bonchev–Trinajstić information content (AvgIpc) is 2.88. The second-order valence-electron chi connectivity index (χ2n) is 4.79. The molecule has 3 rings (SSSR count). The van der Waals surface area contributed by atoms with Gasteiger partial charge in [-0.1, -0.05) is 0 Å². The number of hydrogen-bond acceptors (Lipinski definition) is 6. The summed E-state index contributed by atoms with van der Waals surface area (Å²) in [6, 6.07) is 1.93. The van der Waals surface area contributed by atoms with Gasteiger partial charge in [-0.05, 0) is 24.3 Å². The molecule has 1 fully saturated rings. The summed E-state index contributed by atoms with van der Waals surface area (Å²) < 4.78 is 31.3. The molecule has 0 unspecified atom stereocenters. The number of piperidine rings is 1. The second-order valence-corrected chi connectivity index (χ2v) is 7.69. The van der Waals surface area contributed by atoms with Gasteiger partial charge < -0.3 is 4.74 Å². The molecule has 3 heterocycles. The van der Waals surface area contributed by atoms with Crippen molar-refractivity contribution < 1.29 is 13.2 Å². The van der Waals surface area contributed by atoms with Gasteiger partial charge in [-0.15, -0.1) is 11.3 Å². The van der Waals surface area contributed by atoms with Crippen LogP contribution >= 0.6 is 11.3 Å². The van der Waals surface area contributed by atoms with E-state index in [9.17, 15) is 8.42 Å². The zero-order valence-electron chi connectivity index (χ0n) is 11.0. The first-order chi connectivity index (χ1) is 9.54. The third kappa shape index (κ3) is 2.77. The number of sulfonamides is 1. The molecule has 0 bridgehead atoms. The SMILES string of the molecule is CS(=O)(=O)N1CCC(Oc2ncnc3ccsc23)CC1. The van der Waals surface area contributed by atoms with Crippen molar-refractivity contribution in [2.45, 2.75) is 18.9 Å². The van der Waals surface area contributed by atoms with Crippen LogP contribution in [-0.2, 0) is 10.0 Å². The average molecular weight is 313 g/mol. The van der Waals surface area contributed by atoms with E-state index in [0.717, 1.165) is 10.2 Å². The summed E-state index contributed by atoms with van der Waals surface area (Å²) in [5.74, 6) is 0.600. The van der Waals surface area contributed by atoms with Crippen LogP contribution in [0.1, 0.15) is 12.8 Å². The van der Waals surface area contributed by atoms with Crippen molar-refractivity contribution >= 4 is 31.6 Å². The maximum absolute atomic E-state index is 11.5. The Bertz CT molecular complexity index is 706. The summed E-state index contributed by atoms with van der Waals surface area (Å²) >= 11 is 1.55. The molecule has 8 heteroatoms. The normalized spacial score (nSPS) is 18.4. The van der Waals surface area contributed by atoms with Gasteiger partial charge in [0.15, 0.2) is 0 Å². The molecule has 0 aliphatic carbocycles. The van der Waals surface area contributed by atoms with E-state index in [1.54, 1.807) is 11.3 Å². The minimum Gasteiger partial charge on any atom is -0.473 e. The van der Waals surface area contributed by atoms with E-state index >= 15 is 0 Å². The van der Waals surface area contributed by atoms with E-state index < -0.39 is 10.0 Å². The first-order valence-corrected chi connectivity index (χ1v) is 9.07. The highest BCUT2D eigenvalue weighted by Crippen LogP contribution is 2.29. The molecule has 20 heavy (non-hydrogen) atoms. The summed E-state index contributed by atoms with van der Waals surface area (Å²) in [4.78, 5) is 8.36. The lowest BCUT2D eigenvalue weighted by atomic mass is 10.1. The third-order valence-electron chi connectivity index (χ3n) is 3.36. The number of rotatable bonds is 3. The van der Waals surface area contributed by atoms with Crippen molar-refractivity contribution in [1.82, 2.24) is 14.3 Å². The number of ether oxygens (including phenoxy) is 1. The maximum atomic E-state index is 11.5. The van der Waals surface area contributed by atoms with Gasteiger partial charge in [0, 0.05) is 13.1 Å². The van der Waals surface area contributed by atoms with E-state index in [1.807, 2.05) is 11.4 Å². The van der Waals surface area contributed by atoms with Crippen molar-refractivity contribution in [3.8, 4) is 5.88 Å². The molecule has 6 nitrogen and oxygen atoms in total. The quantitative estimate of drug-likeness (QED) is 0.858. The van der Waals surface area contributed by atoms with E-state index in [4.69, 9.17) is 4.74 Å². The predicted octanol–water partition coefficient (Wildman–Crippen LogP) is 1.49. The number of nitrogens with zero attached hydrogens (tertiary/aromatic N) is 3. The molecule has 1 saturated heterocycles. The molecule has 1 aliphatic rings. The largest absolute Gasteiger partial charge is 0.473 e. The molecular weight excluding hydrogens is 298 g/mol. The van der Waals surface area contributed by atoms with Crippen molar-refractivity contribution in [3.63, 3.8) is 0 Å². The zero-order valence-corrected chi connectivity index (χ0v) is 12.7. The molecule has 2 aromatic heterocycles. The van der Waals surface area contributed by atoms with Crippen molar-refractivity contribution in [2.75, 3.05) is 19.3 Å². The Morgan fingerprint density at radius 3 is 2.80 bits per heavy atom. The van der Waals surface area contributed by atoms with Gasteiger partial charge in [0.25, 0.3) is 0 Å². The lowest BCUT2D eigenvalue weighted by Crippen LogP contribution is -2.41. The van der Waals surface area contributed by atoms with Crippen LogP contribution in [0.2, 0.25) is 0 Å². The lowest BCUT2D eigenvalue weighted by Gasteiger charge is -2.30. The van der Waals surface area contributed by atoms with E-state index in [-0.39, 0.29) is 6.10 Å². The first-order valence-electron chi connectivity index (χ1n) is 6.34. The highest BCUT2D eigenvalue weighted by molar-refractivity contribution is 7.88. The molecular formula is C12H15N3O3S2. The summed E-state index contributed by atoms with van der Waals surface area (Å²) in [6.45, 7) is 1.00. The molecule has 0 amide bonds. The second kappa shape index (κ2) is 5.27. The number of fused-ring (bicyclic) bond motifs is 1. The van der Waals surface area contributed by atoms with Gasteiger partial charge in [0.2, 0.25) is 15.9 Å². The van der Waals surface area contributed by atoms with Gasteiger partial charge in [0.1, 0.15) is 17.1 Å². The van der Waals surface area contributed by atoms with Gasteiger partial charge in [0.05, 0.1) is 11.8 Å². The Balaban J connectivity index is 1.70. The Labute approximate surface area is 121 Å². The molecule has 2 aromatic rings. The Hall–Kier alpha value is -1.25. The summed E-state index contributed by atoms with van der Waals surface area (Å²) in [6.07, 6.45) is 4.12. The molecule has 108 valence electrons. The number of aromatic nitrogens is 2. The van der Waals surface area contributed by atoms with E-state index in [1.165, 1.54) is 16.9 Å². The zero-order chi connectivity index (χ0) is 14.2. The van der Waals surface area contributed by atoms with Crippen LogP contribution in [0.25, 0.3) is 10.2 Å². The summed E-state index contributed by atoms with van der Waals surface area (Å²) in [5.41, 5.74) is 0.883. The lowest BCUT2D eigenvalue weighted by molar-refractivity contribution is 0.132. The van der Waals surface area contributed by atoms with Gasteiger partial charge in [-0.25, -0.2) is 22.7 Å². The minimum absolute atomic E-state index is 0.00759. The molecule has 0 radical (unpaired) electrons. The fourth-order valence-corrected chi connectivity index (χ4v) is 3.94. The fourth-order valence-electron chi connectivity index (χ4n) is 2.29. The topological polar surface area (TPSA) is 72.4 Å². The van der Waals surface area contributed by atoms with Crippen molar-refractivity contribution in [2.24, 2.45) is 0 Å². The number of thiophene rings is 1. The summed E-state index contributed by atoms with van der Waals surface area (Å²) in [5, 5.41) is 1.96. The molecule has 0 N–H and O–H groups in total. The van der Waals surface area contributed by atoms with Gasteiger partial charge >= 0.3 is 0 Å². The standard InChI is InChI=1S/C12H15N3O3S2/c1-20(16,17)15-5-2-9(3-6-15)18-12-11-10(4-7-19-11)13-8-14-12/h4,7-9H,2-3,5-6H2,1H3. The highest BCUT2D eigenvalue weighted by Gasteiger charge is 2.26. The molecule has 1 aliphatic heterocycles. The van der Waals surface area contributed by atoms with Gasteiger partial charge in [-0.2, -0.15) is 0 Å². The fraction of sp³-hybridized carbons (Fsp3) is 0.500. The van der Waals surface area contributed by atoms with Crippen molar-refractivity contribution in [1.29, 1.82) is 0 Å². The maximum Gasteiger partial charge on any atom is 0.235 e. The van der Waals surface area contributed by atoms with Crippen LogP contribution in [0.15, 0.2) is 17.8 Å². The molecule has 0 atom stereocenters. The highest BCUT2D eigenvalue weighted by atomic mass is 32.2. The van der Waals surface area contributed by atoms with Crippen LogP contribution in [0.3, 0.4) is 0 Å². The molecule has 0 spiro atoms. The Morgan fingerprint density at radius 1 is 1.35 bits per heavy atom. The summed E-state index contributed by atoms with van der Waals surface area (Å²) in [7, 11) is -3.09. The first kappa shape index (κ1) is 13.7. The van der Waals surface area contributed by atoms with E-state index in [2.05, 4.69) is 9.97 Å². The smallest absolute Gasteiger partial charge is 0.235 e. The van der Waals surface area contributed by atoms with Crippen LogP contribution in [0, 0.1) is 0 Å². The van der Waals surface area contributed by atoms with Crippen LogP contribution in [0.5, 0.6) is 5.88 Å². The Kier molecular flexibility index (Phi) is 3.61. The van der Waals surface area contributed by atoms with Crippen molar-refractivity contribution in [3.05, 3.63) is 17.8 Å². The molecule has 0 saturated carbocycles. The minimum atomic E-state index is -3.09. The monoisotopic (exact) mass is 313 g/mol. The third-order valence-corrected chi connectivity index (χ3v) is 5.55. The Morgan fingerprint density at radius 2 is 2.10 bits per heavy atom. The van der Waals surface area contributed by atoms with Crippen LogP contribution in [-0.4, -0.2) is 48.1 Å².